The SMILES string of the molecule is CCOC(=O)CN(CCOC)C(=O)CCC(C)N. The molecule has 106 valence electrons. The van der Waals surface area contributed by atoms with Crippen LogP contribution < -0.4 is 5.73 Å². The van der Waals surface area contributed by atoms with Gasteiger partial charge in [0.2, 0.25) is 5.91 Å². The molecule has 1 unspecified atom stereocenters. The minimum Gasteiger partial charge on any atom is -0.465 e. The summed E-state index contributed by atoms with van der Waals surface area (Å²) in [7, 11) is 1.55. The first kappa shape index (κ1) is 16.9. The quantitative estimate of drug-likeness (QED) is 0.597. The maximum Gasteiger partial charge on any atom is 0.325 e. The number of amides is 1. The fourth-order valence-electron chi connectivity index (χ4n) is 1.37. The van der Waals surface area contributed by atoms with E-state index in [-0.39, 0.29) is 18.5 Å². The summed E-state index contributed by atoms with van der Waals surface area (Å²) in [6, 6.07) is -0.0270. The van der Waals surface area contributed by atoms with E-state index in [0.717, 1.165) is 0 Å². The molecule has 6 nitrogen and oxygen atoms in total. The predicted molar refractivity (Wildman–Crippen MR) is 68.0 cm³/mol. The smallest absolute Gasteiger partial charge is 0.325 e. The Bertz CT molecular complexity index is 256. The van der Waals surface area contributed by atoms with Crippen molar-refractivity contribution in [2.75, 3.05) is 33.4 Å². The highest BCUT2D eigenvalue weighted by atomic mass is 16.5. The van der Waals surface area contributed by atoms with Gasteiger partial charge < -0.3 is 20.1 Å². The monoisotopic (exact) mass is 260 g/mol. The fraction of sp³-hybridized carbons (Fsp3) is 0.833. The molecule has 0 bridgehead atoms. The fourth-order valence-corrected chi connectivity index (χ4v) is 1.37. The van der Waals surface area contributed by atoms with Gasteiger partial charge in [0.15, 0.2) is 0 Å². The number of rotatable bonds is 9. The van der Waals surface area contributed by atoms with Crippen molar-refractivity contribution in [3.8, 4) is 0 Å². The summed E-state index contributed by atoms with van der Waals surface area (Å²) in [6.45, 7) is 4.63. The molecule has 0 aliphatic rings. The number of ether oxygens (including phenoxy) is 2. The van der Waals surface area contributed by atoms with Crippen molar-refractivity contribution in [3.05, 3.63) is 0 Å². The van der Waals surface area contributed by atoms with Gasteiger partial charge in [-0.05, 0) is 20.3 Å². The molecule has 0 saturated carbocycles. The van der Waals surface area contributed by atoms with Gasteiger partial charge in [-0.2, -0.15) is 0 Å². The molecule has 1 amide bonds. The van der Waals surface area contributed by atoms with Crippen LogP contribution in [0.25, 0.3) is 0 Å². The van der Waals surface area contributed by atoms with Crippen LogP contribution in [0.5, 0.6) is 0 Å². The van der Waals surface area contributed by atoms with Gasteiger partial charge in [-0.3, -0.25) is 9.59 Å². The molecule has 0 aliphatic carbocycles. The molecule has 0 aromatic carbocycles. The first-order valence-electron chi connectivity index (χ1n) is 6.19. The van der Waals surface area contributed by atoms with Crippen LogP contribution in [-0.4, -0.2) is 56.2 Å². The molecule has 0 radical (unpaired) electrons. The molecule has 0 aromatic heterocycles. The van der Waals surface area contributed by atoms with Crippen molar-refractivity contribution in [1.29, 1.82) is 0 Å². The Morgan fingerprint density at radius 2 is 2.06 bits per heavy atom. The lowest BCUT2D eigenvalue weighted by atomic mass is 10.2. The van der Waals surface area contributed by atoms with Crippen molar-refractivity contribution < 1.29 is 19.1 Å². The van der Waals surface area contributed by atoms with Crippen molar-refractivity contribution in [1.82, 2.24) is 4.90 Å². The van der Waals surface area contributed by atoms with E-state index in [0.29, 0.717) is 32.6 Å². The summed E-state index contributed by atoms with van der Waals surface area (Å²) in [5.74, 6) is -0.500. The summed E-state index contributed by atoms with van der Waals surface area (Å²) < 4.78 is 9.75. The summed E-state index contributed by atoms with van der Waals surface area (Å²) >= 11 is 0. The molecule has 0 aliphatic heterocycles. The minimum atomic E-state index is -0.400. The molecule has 6 heteroatoms. The molecular formula is C12H24N2O4. The molecule has 0 fully saturated rings. The van der Waals surface area contributed by atoms with Crippen LogP contribution in [0.4, 0.5) is 0 Å². The molecule has 18 heavy (non-hydrogen) atoms. The summed E-state index contributed by atoms with van der Waals surface area (Å²) in [5, 5.41) is 0. The average Bonchev–Trinajstić information content (AvgIpc) is 2.31. The van der Waals surface area contributed by atoms with Crippen molar-refractivity contribution >= 4 is 11.9 Å². The van der Waals surface area contributed by atoms with Gasteiger partial charge >= 0.3 is 5.97 Å². The van der Waals surface area contributed by atoms with Crippen LogP contribution in [0.2, 0.25) is 0 Å². The van der Waals surface area contributed by atoms with Crippen LogP contribution in [0, 0.1) is 0 Å². The third-order valence-corrected chi connectivity index (χ3v) is 2.36. The summed E-state index contributed by atoms with van der Waals surface area (Å²) in [5.41, 5.74) is 5.60. The van der Waals surface area contributed by atoms with Gasteiger partial charge in [-0.25, -0.2) is 0 Å². The number of nitrogens with zero attached hydrogens (tertiary/aromatic N) is 1. The maximum atomic E-state index is 11.9. The lowest BCUT2D eigenvalue weighted by molar-refractivity contribution is -0.149. The number of nitrogens with two attached hydrogens (primary N) is 1. The zero-order valence-electron chi connectivity index (χ0n) is 11.5. The first-order valence-corrected chi connectivity index (χ1v) is 6.19. The Balaban J connectivity index is 4.27. The zero-order chi connectivity index (χ0) is 14.0. The summed E-state index contributed by atoms with van der Waals surface area (Å²) in [4.78, 5) is 24.7. The predicted octanol–water partition coefficient (Wildman–Crippen LogP) is 0.152. The topological polar surface area (TPSA) is 81.9 Å². The van der Waals surface area contributed by atoms with E-state index in [1.807, 2.05) is 6.92 Å². The van der Waals surface area contributed by atoms with E-state index in [1.54, 1.807) is 14.0 Å². The third-order valence-electron chi connectivity index (χ3n) is 2.36. The Hall–Kier alpha value is -1.14. The van der Waals surface area contributed by atoms with E-state index in [9.17, 15) is 9.59 Å². The molecule has 0 saturated heterocycles. The van der Waals surface area contributed by atoms with Crippen LogP contribution in [0.3, 0.4) is 0 Å². The van der Waals surface area contributed by atoms with E-state index < -0.39 is 5.97 Å². The molecule has 0 aromatic rings. The van der Waals surface area contributed by atoms with E-state index >= 15 is 0 Å². The second kappa shape index (κ2) is 9.85. The lowest BCUT2D eigenvalue weighted by Crippen LogP contribution is -2.39. The molecule has 0 spiro atoms. The van der Waals surface area contributed by atoms with E-state index in [2.05, 4.69) is 0 Å². The van der Waals surface area contributed by atoms with Crippen LogP contribution >= 0.6 is 0 Å². The Morgan fingerprint density at radius 3 is 2.56 bits per heavy atom. The van der Waals surface area contributed by atoms with Gasteiger partial charge in [-0.15, -0.1) is 0 Å². The number of esters is 1. The molecule has 0 rings (SSSR count). The number of methoxy groups -OCH3 is 1. The number of hydrogen-bond acceptors (Lipinski definition) is 5. The highest BCUT2D eigenvalue weighted by Crippen LogP contribution is 2.01. The third kappa shape index (κ3) is 8.03. The average molecular weight is 260 g/mol. The molecular weight excluding hydrogens is 236 g/mol. The summed E-state index contributed by atoms with van der Waals surface area (Å²) in [6.07, 6.45) is 0.936. The standard InChI is InChI=1S/C12H24N2O4/c1-4-18-12(16)9-14(7-8-17-3)11(15)6-5-10(2)13/h10H,4-9,13H2,1-3H3. The minimum absolute atomic E-state index is 0.0270. The highest BCUT2D eigenvalue weighted by molar-refractivity contribution is 5.82. The zero-order valence-corrected chi connectivity index (χ0v) is 11.5. The van der Waals surface area contributed by atoms with Crippen molar-refractivity contribution in [2.24, 2.45) is 5.73 Å². The molecule has 1 atom stereocenters. The lowest BCUT2D eigenvalue weighted by Gasteiger charge is -2.21. The van der Waals surface area contributed by atoms with Crippen LogP contribution in [0.15, 0.2) is 0 Å². The van der Waals surface area contributed by atoms with Crippen molar-refractivity contribution in [3.63, 3.8) is 0 Å². The second-order valence-electron chi connectivity index (χ2n) is 4.13. The first-order chi connectivity index (χ1) is 8.51. The maximum absolute atomic E-state index is 11.9. The Kier molecular flexibility index (Phi) is 9.22. The van der Waals surface area contributed by atoms with E-state index in [1.165, 1.54) is 4.90 Å². The van der Waals surface area contributed by atoms with Gasteiger partial charge in [0.25, 0.3) is 0 Å². The van der Waals surface area contributed by atoms with Gasteiger partial charge in [-0.1, -0.05) is 0 Å². The van der Waals surface area contributed by atoms with Gasteiger partial charge in [0.1, 0.15) is 6.54 Å². The van der Waals surface area contributed by atoms with Crippen molar-refractivity contribution in [2.45, 2.75) is 32.7 Å². The van der Waals surface area contributed by atoms with E-state index in [4.69, 9.17) is 15.2 Å². The number of carbonyl (C=O) groups is 2. The largest absolute Gasteiger partial charge is 0.465 e. The number of hydrogen-bond donors (Lipinski definition) is 1. The number of carbonyl (C=O) groups excluding carboxylic acids is 2. The van der Waals surface area contributed by atoms with Gasteiger partial charge in [0.05, 0.1) is 13.2 Å². The molecule has 2 N–H and O–H groups in total. The molecule has 0 heterocycles. The normalized spacial score (nSPS) is 12.0. The highest BCUT2D eigenvalue weighted by Gasteiger charge is 2.17. The Morgan fingerprint density at radius 1 is 1.39 bits per heavy atom. The Labute approximate surface area is 108 Å². The van der Waals surface area contributed by atoms with Gasteiger partial charge in [0, 0.05) is 26.1 Å². The van der Waals surface area contributed by atoms with Crippen LogP contribution in [0.1, 0.15) is 26.7 Å². The van der Waals surface area contributed by atoms with Crippen LogP contribution in [-0.2, 0) is 19.1 Å². The second-order valence-corrected chi connectivity index (χ2v) is 4.13.